The number of nitrogens with two attached hydrogens (primary N) is 1. The van der Waals surface area contributed by atoms with E-state index in [-0.39, 0.29) is 34.2 Å². The molecule has 0 amide bonds. The summed E-state index contributed by atoms with van der Waals surface area (Å²) < 4.78 is 87.1. The number of methoxy groups -OCH3 is 3. The van der Waals surface area contributed by atoms with Crippen molar-refractivity contribution < 1.29 is 60.0 Å². The van der Waals surface area contributed by atoms with Crippen molar-refractivity contribution in [2.24, 2.45) is 16.5 Å². The molecule has 2 aromatic heterocycles. The van der Waals surface area contributed by atoms with Gasteiger partial charge in [0.2, 0.25) is 15.6 Å². The third-order valence-corrected chi connectivity index (χ3v) is 19.4. The number of aliphatic hydroxyl groups is 1. The van der Waals surface area contributed by atoms with Crippen molar-refractivity contribution in [3.05, 3.63) is 148 Å². The molecule has 21 heteroatoms. The number of alkyl halides is 3. The van der Waals surface area contributed by atoms with Gasteiger partial charge in [-0.25, -0.2) is 23.0 Å². The van der Waals surface area contributed by atoms with Crippen molar-refractivity contribution in [2.45, 2.75) is 106 Å². The van der Waals surface area contributed by atoms with Crippen LogP contribution in [0.25, 0.3) is 27.8 Å². The van der Waals surface area contributed by atoms with Crippen LogP contribution in [0.2, 0.25) is 0 Å². The van der Waals surface area contributed by atoms with E-state index in [9.17, 15) is 36.3 Å². The Kier molecular flexibility index (Phi) is 14.4. The normalized spacial score (nSPS) is 27.8. The second-order valence-corrected chi connectivity index (χ2v) is 24.5. The number of likely N-dealkylation sites (N-methyl/N-ethyl adjacent to an activating group) is 1. The lowest BCUT2D eigenvalue weighted by Gasteiger charge is -2.63. The summed E-state index contributed by atoms with van der Waals surface area (Å²) in [6, 6.07) is 24.2. The summed E-state index contributed by atoms with van der Waals surface area (Å²) in [4.78, 5) is 53.0. The Morgan fingerprint density at radius 3 is 2.27 bits per heavy atom. The number of carbonyl (C=O) groups excluding carboxylic acids is 3. The first-order valence-corrected chi connectivity index (χ1v) is 29.3. The molecule has 1 saturated heterocycles. The number of nitrogens with zero attached hydrogens (tertiary/aromatic N) is 5. The first-order chi connectivity index (χ1) is 39.4. The van der Waals surface area contributed by atoms with Crippen molar-refractivity contribution in [1.29, 1.82) is 0 Å². The number of nitrogens with one attached hydrogen (secondary N) is 1. The maximum absolute atomic E-state index is 15.2. The van der Waals surface area contributed by atoms with Crippen molar-refractivity contribution in [3.8, 4) is 22.7 Å². The van der Waals surface area contributed by atoms with Gasteiger partial charge in [-0.3, -0.25) is 19.4 Å². The number of halogens is 3. The van der Waals surface area contributed by atoms with Gasteiger partial charge in [-0.2, -0.15) is 18.3 Å². The Hall–Kier alpha value is -7.30. The number of benzene rings is 4. The Bertz CT molecular complexity index is 3750. The van der Waals surface area contributed by atoms with Crippen LogP contribution in [0.5, 0.6) is 5.75 Å². The number of aromatic nitrogens is 3. The van der Waals surface area contributed by atoms with Gasteiger partial charge in [-0.1, -0.05) is 85.7 Å². The number of para-hydroxylation sites is 1. The molecular formula is C62H68F3N7O10S. The molecule has 5 aliphatic heterocycles. The minimum atomic E-state index is -4.61. The molecule has 12 rings (SSSR count). The van der Waals surface area contributed by atoms with Gasteiger partial charge < -0.3 is 33.9 Å². The van der Waals surface area contributed by atoms with Gasteiger partial charge in [0.05, 0.1) is 43.6 Å². The van der Waals surface area contributed by atoms with Gasteiger partial charge in [0.1, 0.15) is 11.2 Å². The number of hydrogen-bond acceptors (Lipinski definition) is 14. The van der Waals surface area contributed by atoms with Crippen LogP contribution in [0, 0.1) is 18.3 Å². The molecule has 2 fully saturated rings. The quantitative estimate of drug-likeness (QED) is 0.0670. The molecule has 17 nitrogen and oxygen atoms in total. The number of primary sulfonamides is 1. The van der Waals surface area contributed by atoms with Crippen LogP contribution in [0.1, 0.15) is 80.1 Å². The molecule has 438 valence electrons. The zero-order chi connectivity index (χ0) is 59.3. The van der Waals surface area contributed by atoms with E-state index in [0.29, 0.717) is 55.8 Å². The fourth-order valence-electron chi connectivity index (χ4n) is 15.3. The summed E-state index contributed by atoms with van der Waals surface area (Å²) in [5.74, 6) is -1.31. The van der Waals surface area contributed by atoms with Crippen LogP contribution < -0.4 is 14.8 Å². The first-order valence-electron chi connectivity index (χ1n) is 27.8. The second kappa shape index (κ2) is 20.8. The van der Waals surface area contributed by atoms with Gasteiger partial charge in [0, 0.05) is 96.5 Å². The molecule has 0 radical (unpaired) electrons. The van der Waals surface area contributed by atoms with Gasteiger partial charge in [-0.15, -0.1) is 0 Å². The van der Waals surface area contributed by atoms with E-state index in [4.69, 9.17) is 24.1 Å². The number of hydrogen-bond donors (Lipinski definition) is 3. The predicted octanol–water partition coefficient (Wildman–Crippen LogP) is 8.27. The van der Waals surface area contributed by atoms with E-state index in [2.05, 4.69) is 63.2 Å². The Morgan fingerprint density at radius 2 is 1.63 bits per heavy atom. The zero-order valence-electron chi connectivity index (χ0n) is 47.5. The van der Waals surface area contributed by atoms with E-state index in [1.165, 1.54) is 51.0 Å². The number of ether oxygens (including phenoxy) is 4. The maximum Gasteiger partial charge on any atom is 0.435 e. The minimum absolute atomic E-state index is 0.0284. The molecule has 83 heavy (non-hydrogen) atoms. The largest absolute Gasteiger partial charge is 0.496 e. The smallest absolute Gasteiger partial charge is 0.435 e. The highest BCUT2D eigenvalue weighted by molar-refractivity contribution is 7.89. The lowest BCUT2D eigenvalue weighted by Crippen LogP contribution is -2.81. The minimum Gasteiger partial charge on any atom is -0.496 e. The molecular weight excluding hydrogens is 1090 g/mol. The van der Waals surface area contributed by atoms with Crippen LogP contribution in [0.3, 0.4) is 0 Å². The summed E-state index contributed by atoms with van der Waals surface area (Å²) in [7, 11) is 2.33. The summed E-state index contributed by atoms with van der Waals surface area (Å²) in [6.45, 7) is 11.1. The van der Waals surface area contributed by atoms with Crippen LogP contribution >= 0.6 is 0 Å². The summed E-state index contributed by atoms with van der Waals surface area (Å²) >= 11 is 0. The van der Waals surface area contributed by atoms with Gasteiger partial charge in [0.15, 0.2) is 11.8 Å². The highest BCUT2D eigenvalue weighted by atomic mass is 32.2. The topological polar surface area (TPSA) is 212 Å². The number of carbonyl (C=O) groups is 3. The maximum atomic E-state index is 15.2. The third-order valence-electron chi connectivity index (χ3n) is 18.5. The summed E-state index contributed by atoms with van der Waals surface area (Å²) in [5.41, 5.74) is 2.04. The molecule has 1 saturated carbocycles. The highest BCUT2D eigenvalue weighted by Crippen LogP contribution is 2.68. The SMILES string of the molecule is CCC1=C[C@@H]2CN(C1)Cc1c([nH]c3ccccc13)[C@@](C(=O)OC)(c1cc3c(cc1OC)N(C)[C@H]1[C@@](O)(C(=O)OC)[C@H](OC(C)=O)[C@]4(CC)C=CCN5CC[C@]31[C@@H]54)C2.Cc1ccc(-c2cc(C(F)(F)F)nn2-c2ccc(S(N)(=O)=O)cc2)cc1. The van der Waals surface area contributed by atoms with Crippen molar-refractivity contribution >= 4 is 44.5 Å². The fraction of sp³-hybridized carbons (Fsp3) is 0.419. The lowest BCUT2D eigenvalue weighted by atomic mass is 9.47. The van der Waals surface area contributed by atoms with Gasteiger partial charge in [-0.05, 0) is 98.7 Å². The molecule has 1 spiro atoms. The van der Waals surface area contributed by atoms with Crippen molar-refractivity contribution in [2.75, 3.05) is 59.5 Å². The predicted molar refractivity (Wildman–Crippen MR) is 304 cm³/mol. The summed E-state index contributed by atoms with van der Waals surface area (Å²) in [6.07, 6.45) is 3.07. The highest BCUT2D eigenvalue weighted by Gasteiger charge is 2.80. The van der Waals surface area contributed by atoms with Gasteiger partial charge in [0.25, 0.3) is 0 Å². The molecule has 4 N–H and O–H groups in total. The van der Waals surface area contributed by atoms with Crippen molar-refractivity contribution in [3.63, 3.8) is 0 Å². The zero-order valence-corrected chi connectivity index (χ0v) is 48.4. The van der Waals surface area contributed by atoms with E-state index in [1.54, 1.807) is 31.4 Å². The number of aryl methyl sites for hydroxylation is 1. The van der Waals surface area contributed by atoms with Gasteiger partial charge >= 0.3 is 24.1 Å². The number of H-pyrrole nitrogens is 1. The monoisotopic (exact) mass is 1160 g/mol. The molecule has 2 bridgehead atoms. The van der Waals surface area contributed by atoms with E-state index >= 15 is 4.79 Å². The van der Waals surface area contributed by atoms with E-state index in [0.717, 1.165) is 69.2 Å². The lowest BCUT2D eigenvalue weighted by molar-refractivity contribution is -0.228. The average Bonchev–Trinajstić information content (AvgIpc) is 1.54. The third kappa shape index (κ3) is 8.89. The average molecular weight is 1160 g/mol. The Morgan fingerprint density at radius 1 is 0.916 bits per heavy atom. The molecule has 6 aliphatic rings. The van der Waals surface area contributed by atoms with E-state index < -0.39 is 67.8 Å². The number of rotatable bonds is 10. The van der Waals surface area contributed by atoms with Crippen LogP contribution in [0.15, 0.2) is 120 Å². The molecule has 1 unspecified atom stereocenters. The number of anilines is 1. The number of aromatic amines is 1. The molecule has 7 heterocycles. The standard InChI is InChI=1S/C45H54N4O8.C17H14F3N3O2S/c1-8-27-19-28-22-44(40(51)55-6,36-30(25-48(23-27)24-28)29-13-10-11-14-33(29)46-36)32-20-31-34(21-35(32)54-5)47(4)38-43(31)16-18-49-17-12-15-42(9-2,37(43)49)39(57-26(3)50)45(38,53)41(52)56-7;1-11-2-4-12(5-3-11)15-10-16(17(18,19)20)22-23(15)13-6-8-14(9-7-13)26(21,24)25/h10-15,19-21,28,37-39,46,53H,8-9,16-18,22-25H2,1-7H3;2-10H,1H3,(H2,21,24,25)/t28-,37-,38+,39+,42+,43+,44-,45-;/m0./s1. The van der Waals surface area contributed by atoms with Crippen LogP contribution in [-0.4, -0.2) is 134 Å². The molecule has 1 aliphatic carbocycles. The first kappa shape index (κ1) is 57.5. The Labute approximate surface area is 479 Å². The number of sulfonamides is 1. The van der Waals surface area contributed by atoms with Crippen LogP contribution in [-0.2, 0) is 62.2 Å². The van der Waals surface area contributed by atoms with Crippen LogP contribution in [0.4, 0.5) is 18.9 Å². The Balaban J connectivity index is 0.000000232. The second-order valence-electron chi connectivity index (χ2n) is 22.9. The number of fused-ring (bicyclic) bond motifs is 6. The molecule has 4 aromatic carbocycles. The molecule has 6 aromatic rings. The van der Waals surface area contributed by atoms with E-state index in [1.807, 2.05) is 44.0 Å². The fourth-order valence-corrected chi connectivity index (χ4v) is 15.8. The molecule has 9 atom stereocenters. The van der Waals surface area contributed by atoms with Crippen molar-refractivity contribution in [1.82, 2.24) is 24.6 Å². The number of esters is 3. The summed E-state index contributed by atoms with van der Waals surface area (Å²) in [5, 5.41) is 23.0.